The molecule has 0 spiro atoms. The van der Waals surface area contributed by atoms with Crippen molar-refractivity contribution in [3.63, 3.8) is 0 Å². The van der Waals surface area contributed by atoms with Crippen LogP contribution in [0.15, 0.2) is 41.4 Å². The first-order chi connectivity index (χ1) is 13.7. The quantitative estimate of drug-likeness (QED) is 0.573. The fraction of sp³-hybridized carbons (Fsp3) is 0.476. The van der Waals surface area contributed by atoms with E-state index < -0.39 is 16.1 Å². The molecule has 29 heavy (non-hydrogen) atoms. The average Bonchev–Trinajstić information content (AvgIpc) is 2.66. The van der Waals surface area contributed by atoms with Gasteiger partial charge in [-0.15, -0.1) is 0 Å². The highest BCUT2D eigenvalue weighted by Gasteiger charge is 2.30. The number of halogens is 2. The van der Waals surface area contributed by atoms with E-state index in [0.29, 0.717) is 15.9 Å². The molecular weight excluding hydrogens is 431 g/mol. The molecule has 1 aromatic heterocycles. The zero-order valence-electron chi connectivity index (χ0n) is 16.6. The Hall–Kier alpha value is -1.34. The summed E-state index contributed by atoms with van der Waals surface area (Å²) in [4.78, 5) is 4.22. The highest BCUT2D eigenvalue weighted by atomic mass is 35.5. The summed E-state index contributed by atoms with van der Waals surface area (Å²) < 4.78 is 34.6. The van der Waals surface area contributed by atoms with Gasteiger partial charge in [0.05, 0.1) is 12.3 Å². The van der Waals surface area contributed by atoms with E-state index in [4.69, 9.17) is 27.9 Å². The predicted octanol–water partition coefficient (Wildman–Crippen LogP) is 5.78. The maximum atomic E-state index is 13.1. The van der Waals surface area contributed by atoms with E-state index >= 15 is 0 Å². The Kier molecular flexibility index (Phi) is 7.43. The molecule has 8 heteroatoms. The van der Waals surface area contributed by atoms with E-state index in [9.17, 15) is 8.42 Å². The van der Waals surface area contributed by atoms with E-state index in [1.165, 1.54) is 18.7 Å². The van der Waals surface area contributed by atoms with Gasteiger partial charge in [-0.3, -0.25) is 0 Å². The van der Waals surface area contributed by atoms with Crippen molar-refractivity contribution >= 4 is 33.2 Å². The maximum Gasteiger partial charge on any atom is 0.242 e. The molecule has 1 saturated carbocycles. The monoisotopic (exact) mass is 456 g/mol. The van der Waals surface area contributed by atoms with Crippen LogP contribution in [-0.2, 0) is 10.0 Å². The van der Waals surface area contributed by atoms with E-state index in [1.54, 1.807) is 24.3 Å². The number of nitrogens with one attached hydrogen (secondary N) is 1. The molecule has 158 valence electrons. The lowest BCUT2D eigenvalue weighted by molar-refractivity contribution is 0.232. The molecule has 1 fully saturated rings. The Morgan fingerprint density at radius 3 is 2.28 bits per heavy atom. The largest absolute Gasteiger partial charge is 0.475 e. The average molecular weight is 457 g/mol. The minimum Gasteiger partial charge on any atom is -0.475 e. The van der Waals surface area contributed by atoms with Gasteiger partial charge in [-0.1, -0.05) is 42.5 Å². The van der Waals surface area contributed by atoms with Gasteiger partial charge in [-0.25, -0.2) is 18.1 Å². The summed E-state index contributed by atoms with van der Waals surface area (Å²) in [6, 6.07) is 7.90. The zero-order chi connectivity index (χ0) is 21.0. The molecule has 1 aliphatic rings. The highest BCUT2D eigenvalue weighted by Crippen LogP contribution is 2.37. The number of sulfonamides is 1. The lowest BCUT2D eigenvalue weighted by Crippen LogP contribution is -2.34. The first-order valence-corrected chi connectivity index (χ1v) is 12.1. The summed E-state index contributed by atoms with van der Waals surface area (Å²) in [5.74, 6) is 0.578. The van der Waals surface area contributed by atoms with Gasteiger partial charge >= 0.3 is 0 Å². The molecule has 3 rings (SSSR count). The third kappa shape index (κ3) is 6.07. The second-order valence-corrected chi connectivity index (χ2v) is 10.3. The van der Waals surface area contributed by atoms with Crippen LogP contribution in [-0.4, -0.2) is 19.5 Å². The van der Waals surface area contributed by atoms with Crippen molar-refractivity contribution in [2.45, 2.75) is 63.0 Å². The SMILES string of the molecule is CC(C)Oc1ccc(S(=O)(=O)N[C@H](c2cc(Cl)cc(Cl)c2)C2CCCCC2)cn1. The van der Waals surface area contributed by atoms with Crippen LogP contribution >= 0.6 is 23.2 Å². The molecule has 1 aromatic carbocycles. The molecule has 1 heterocycles. The van der Waals surface area contributed by atoms with Gasteiger partial charge in [-0.2, -0.15) is 0 Å². The fourth-order valence-electron chi connectivity index (χ4n) is 3.73. The maximum absolute atomic E-state index is 13.1. The summed E-state index contributed by atoms with van der Waals surface area (Å²) in [6.45, 7) is 3.78. The van der Waals surface area contributed by atoms with Crippen molar-refractivity contribution < 1.29 is 13.2 Å². The molecular formula is C21H26Cl2N2O3S. The molecule has 0 aliphatic heterocycles. The van der Waals surface area contributed by atoms with Gasteiger partial charge in [0.15, 0.2) is 0 Å². The normalized spacial score (nSPS) is 16.7. The Morgan fingerprint density at radius 1 is 1.07 bits per heavy atom. The van der Waals surface area contributed by atoms with Crippen LogP contribution < -0.4 is 9.46 Å². The standard InChI is InChI=1S/C21H26Cl2N2O3S/c1-14(2)28-20-9-8-19(13-24-20)29(26,27)25-21(15-6-4-3-5-7-15)16-10-17(22)12-18(23)11-16/h8-15,21,25H,3-7H2,1-2H3/t21-/m0/s1. The number of hydrogen-bond acceptors (Lipinski definition) is 4. The lowest BCUT2D eigenvalue weighted by Gasteiger charge is -2.31. The van der Waals surface area contributed by atoms with Crippen LogP contribution in [0, 0.1) is 5.92 Å². The van der Waals surface area contributed by atoms with Crippen molar-refractivity contribution in [2.75, 3.05) is 0 Å². The van der Waals surface area contributed by atoms with Crippen LogP contribution in [0.4, 0.5) is 0 Å². The molecule has 0 unspecified atom stereocenters. The van der Waals surface area contributed by atoms with Crippen molar-refractivity contribution in [3.05, 3.63) is 52.1 Å². The van der Waals surface area contributed by atoms with Crippen LogP contribution in [0.2, 0.25) is 10.0 Å². The Labute approximate surface area is 182 Å². The Balaban J connectivity index is 1.89. The number of hydrogen-bond donors (Lipinski definition) is 1. The Bertz CT molecular complexity index is 907. The first kappa shape index (κ1) is 22.3. The first-order valence-electron chi connectivity index (χ1n) is 9.85. The fourth-order valence-corrected chi connectivity index (χ4v) is 5.51. The lowest BCUT2D eigenvalue weighted by atomic mass is 9.81. The smallest absolute Gasteiger partial charge is 0.242 e. The van der Waals surface area contributed by atoms with Gasteiger partial charge in [-0.05, 0) is 62.4 Å². The van der Waals surface area contributed by atoms with Crippen LogP contribution in [0.5, 0.6) is 5.88 Å². The molecule has 0 saturated heterocycles. The molecule has 0 radical (unpaired) electrons. The van der Waals surface area contributed by atoms with Gasteiger partial charge in [0, 0.05) is 22.2 Å². The van der Waals surface area contributed by atoms with Gasteiger partial charge < -0.3 is 4.74 Å². The molecule has 2 aromatic rings. The third-order valence-electron chi connectivity index (χ3n) is 5.02. The number of nitrogens with zero attached hydrogens (tertiary/aromatic N) is 1. The second-order valence-electron chi connectivity index (χ2n) is 7.70. The molecule has 1 aliphatic carbocycles. The van der Waals surface area contributed by atoms with Crippen molar-refractivity contribution in [1.82, 2.24) is 9.71 Å². The van der Waals surface area contributed by atoms with Gasteiger partial charge in [0.1, 0.15) is 4.90 Å². The van der Waals surface area contributed by atoms with Gasteiger partial charge in [0.2, 0.25) is 15.9 Å². The summed E-state index contributed by atoms with van der Waals surface area (Å²) in [5.41, 5.74) is 0.783. The molecule has 1 atom stereocenters. The summed E-state index contributed by atoms with van der Waals surface area (Å²) in [5, 5.41) is 0.980. The summed E-state index contributed by atoms with van der Waals surface area (Å²) >= 11 is 12.4. The molecule has 0 amide bonds. The number of aromatic nitrogens is 1. The van der Waals surface area contributed by atoms with Crippen molar-refractivity contribution in [1.29, 1.82) is 0 Å². The third-order valence-corrected chi connectivity index (χ3v) is 6.89. The van der Waals surface area contributed by atoms with E-state index in [-0.39, 0.29) is 16.9 Å². The molecule has 1 N–H and O–H groups in total. The minimum absolute atomic E-state index is 0.0358. The number of rotatable bonds is 7. The highest BCUT2D eigenvalue weighted by molar-refractivity contribution is 7.89. The molecule has 5 nitrogen and oxygen atoms in total. The predicted molar refractivity (Wildman–Crippen MR) is 116 cm³/mol. The minimum atomic E-state index is -3.78. The van der Waals surface area contributed by atoms with Crippen LogP contribution in [0.1, 0.15) is 57.6 Å². The second kappa shape index (κ2) is 9.65. The zero-order valence-corrected chi connectivity index (χ0v) is 18.9. The van der Waals surface area contributed by atoms with Crippen molar-refractivity contribution in [2.24, 2.45) is 5.92 Å². The van der Waals surface area contributed by atoms with Crippen LogP contribution in [0.25, 0.3) is 0 Å². The molecule has 0 bridgehead atoms. The topological polar surface area (TPSA) is 68.3 Å². The Morgan fingerprint density at radius 2 is 1.72 bits per heavy atom. The van der Waals surface area contributed by atoms with Gasteiger partial charge in [0.25, 0.3) is 0 Å². The van der Waals surface area contributed by atoms with Crippen LogP contribution in [0.3, 0.4) is 0 Å². The summed E-state index contributed by atoms with van der Waals surface area (Å²) in [6.07, 6.45) is 6.54. The van der Waals surface area contributed by atoms with E-state index in [2.05, 4.69) is 9.71 Å². The summed E-state index contributed by atoms with van der Waals surface area (Å²) in [7, 11) is -3.78. The van der Waals surface area contributed by atoms with Crippen molar-refractivity contribution in [3.8, 4) is 5.88 Å². The number of ether oxygens (including phenoxy) is 1. The van der Waals surface area contributed by atoms with E-state index in [1.807, 2.05) is 13.8 Å². The number of benzene rings is 1. The number of pyridine rings is 1. The van der Waals surface area contributed by atoms with E-state index in [0.717, 1.165) is 31.2 Å².